The van der Waals surface area contributed by atoms with E-state index in [9.17, 15) is 0 Å². The highest BCUT2D eigenvalue weighted by atomic mass is 32.2. The monoisotopic (exact) mass is 288 g/mol. The van der Waals surface area contributed by atoms with Crippen LogP contribution in [-0.2, 0) is 6.42 Å². The third kappa shape index (κ3) is 2.90. The number of rotatable bonds is 4. The van der Waals surface area contributed by atoms with Crippen LogP contribution in [0.5, 0.6) is 0 Å². The second-order valence-corrected chi connectivity index (χ2v) is 6.64. The van der Waals surface area contributed by atoms with Crippen LogP contribution in [0.3, 0.4) is 0 Å². The number of aromatic nitrogens is 1. The molecule has 0 atom stereocenters. The predicted molar refractivity (Wildman–Crippen MR) is 85.7 cm³/mol. The zero-order valence-electron chi connectivity index (χ0n) is 10.9. The summed E-state index contributed by atoms with van der Waals surface area (Å²) in [6.07, 6.45) is 3.41. The van der Waals surface area contributed by atoms with E-state index in [2.05, 4.69) is 41.6 Å². The van der Waals surface area contributed by atoms with Gasteiger partial charge in [0.2, 0.25) is 0 Å². The van der Waals surface area contributed by atoms with Crippen LogP contribution in [0.25, 0.3) is 10.6 Å². The van der Waals surface area contributed by atoms with Gasteiger partial charge in [-0.2, -0.15) is 0 Å². The first kappa shape index (κ1) is 12.9. The molecule has 19 heavy (non-hydrogen) atoms. The van der Waals surface area contributed by atoms with Gasteiger partial charge in [-0.05, 0) is 35.8 Å². The van der Waals surface area contributed by atoms with E-state index >= 15 is 0 Å². The van der Waals surface area contributed by atoms with Crippen LogP contribution in [0.15, 0.2) is 34.6 Å². The molecule has 2 aromatic heterocycles. The standard InChI is InChI=1S/C15H16N2S2/c1-2-3-8-19-15-10-13-11(17-15)6-7-12(16-13)14-5-4-9-18-14/h4-7,9H,2-3,8,10H2,1H3. The number of pyridine rings is 1. The van der Waals surface area contributed by atoms with E-state index < -0.39 is 0 Å². The number of thioether (sulfide) groups is 1. The third-order valence-corrected chi connectivity index (χ3v) is 5.01. The molecule has 98 valence electrons. The quantitative estimate of drug-likeness (QED) is 0.745. The maximum absolute atomic E-state index is 4.76. The fourth-order valence-electron chi connectivity index (χ4n) is 2.02. The molecule has 4 heteroatoms. The highest BCUT2D eigenvalue weighted by molar-refractivity contribution is 8.14. The van der Waals surface area contributed by atoms with Gasteiger partial charge in [-0.3, -0.25) is 0 Å². The van der Waals surface area contributed by atoms with Crippen LogP contribution in [0.1, 0.15) is 25.5 Å². The van der Waals surface area contributed by atoms with Gasteiger partial charge < -0.3 is 0 Å². The predicted octanol–water partition coefficient (Wildman–Crippen LogP) is 4.93. The van der Waals surface area contributed by atoms with Crippen molar-refractivity contribution in [3.63, 3.8) is 0 Å². The van der Waals surface area contributed by atoms with Gasteiger partial charge in [0.05, 0.1) is 27.0 Å². The average Bonchev–Trinajstić information content (AvgIpc) is 3.07. The van der Waals surface area contributed by atoms with Crippen molar-refractivity contribution in [2.45, 2.75) is 26.2 Å². The van der Waals surface area contributed by atoms with Crippen molar-refractivity contribution in [2.75, 3.05) is 5.75 Å². The summed E-state index contributed by atoms with van der Waals surface area (Å²) in [5, 5.41) is 3.31. The normalized spacial score (nSPS) is 13.4. The molecule has 3 rings (SSSR count). The first-order chi connectivity index (χ1) is 9.36. The Morgan fingerprint density at radius 3 is 3.05 bits per heavy atom. The Balaban J connectivity index is 1.74. The first-order valence-electron chi connectivity index (χ1n) is 6.61. The molecule has 0 spiro atoms. The summed E-state index contributed by atoms with van der Waals surface area (Å²) in [4.78, 5) is 10.7. The fraction of sp³-hybridized carbons (Fsp3) is 0.333. The van der Waals surface area contributed by atoms with Crippen molar-refractivity contribution < 1.29 is 0 Å². The van der Waals surface area contributed by atoms with E-state index in [-0.39, 0.29) is 0 Å². The molecule has 0 aromatic carbocycles. The van der Waals surface area contributed by atoms with Gasteiger partial charge >= 0.3 is 0 Å². The molecule has 0 amide bonds. The molecule has 0 aliphatic carbocycles. The van der Waals surface area contributed by atoms with E-state index in [1.807, 2.05) is 11.8 Å². The van der Waals surface area contributed by atoms with Crippen molar-refractivity contribution >= 4 is 33.8 Å². The van der Waals surface area contributed by atoms with Gasteiger partial charge in [-0.1, -0.05) is 19.4 Å². The summed E-state index contributed by atoms with van der Waals surface area (Å²) >= 11 is 3.62. The van der Waals surface area contributed by atoms with Crippen LogP contribution in [0, 0.1) is 0 Å². The van der Waals surface area contributed by atoms with E-state index in [1.54, 1.807) is 11.3 Å². The summed E-state index contributed by atoms with van der Waals surface area (Å²) in [5.74, 6) is 1.17. The van der Waals surface area contributed by atoms with Gasteiger partial charge in [-0.15, -0.1) is 23.1 Å². The Kier molecular flexibility index (Phi) is 3.99. The Morgan fingerprint density at radius 1 is 1.32 bits per heavy atom. The van der Waals surface area contributed by atoms with E-state index in [4.69, 9.17) is 4.98 Å². The molecule has 2 nitrogen and oxygen atoms in total. The molecule has 3 heterocycles. The zero-order valence-corrected chi connectivity index (χ0v) is 12.6. The molecule has 0 saturated heterocycles. The van der Waals surface area contributed by atoms with Crippen LogP contribution in [0.4, 0.5) is 5.69 Å². The number of thiophene rings is 1. The lowest BCUT2D eigenvalue weighted by molar-refractivity contribution is 0.898. The summed E-state index contributed by atoms with van der Waals surface area (Å²) in [7, 11) is 0. The largest absolute Gasteiger partial charge is 0.249 e. The first-order valence-corrected chi connectivity index (χ1v) is 8.47. The highest BCUT2D eigenvalue weighted by Gasteiger charge is 2.17. The molecule has 0 N–H and O–H groups in total. The van der Waals surface area contributed by atoms with E-state index in [0.717, 1.165) is 23.5 Å². The van der Waals surface area contributed by atoms with Crippen LogP contribution >= 0.6 is 23.1 Å². The van der Waals surface area contributed by atoms with Crippen LogP contribution in [-0.4, -0.2) is 15.8 Å². The maximum atomic E-state index is 4.76. The Bertz CT molecular complexity index is 588. The Morgan fingerprint density at radius 2 is 2.26 bits per heavy atom. The minimum Gasteiger partial charge on any atom is -0.249 e. The number of fused-ring (bicyclic) bond motifs is 1. The molecule has 1 aliphatic rings. The van der Waals surface area contributed by atoms with Crippen molar-refractivity contribution in [1.82, 2.24) is 4.98 Å². The summed E-state index contributed by atoms with van der Waals surface area (Å²) in [6.45, 7) is 2.22. The van der Waals surface area contributed by atoms with Crippen molar-refractivity contribution in [2.24, 2.45) is 4.99 Å². The number of hydrogen-bond acceptors (Lipinski definition) is 4. The summed E-state index contributed by atoms with van der Waals surface area (Å²) in [6, 6.07) is 8.36. The molecule has 0 fully saturated rings. The van der Waals surface area contributed by atoms with Crippen molar-refractivity contribution in [3.8, 4) is 10.6 Å². The van der Waals surface area contributed by atoms with Gasteiger partial charge in [0.15, 0.2) is 0 Å². The minimum atomic E-state index is 0.906. The van der Waals surface area contributed by atoms with Gasteiger partial charge in [-0.25, -0.2) is 9.98 Å². The minimum absolute atomic E-state index is 0.906. The molecule has 0 radical (unpaired) electrons. The van der Waals surface area contributed by atoms with Gasteiger partial charge in [0, 0.05) is 6.42 Å². The van der Waals surface area contributed by atoms with Crippen LogP contribution < -0.4 is 0 Å². The smallest absolute Gasteiger partial charge is 0.0859 e. The second-order valence-electron chi connectivity index (χ2n) is 4.52. The SMILES string of the molecule is CCCCSC1=Nc2ccc(-c3cccs3)nc2C1. The molecule has 2 aromatic rings. The van der Waals surface area contributed by atoms with Gasteiger partial charge in [0.1, 0.15) is 0 Å². The highest BCUT2D eigenvalue weighted by Crippen LogP contribution is 2.32. The van der Waals surface area contributed by atoms with Crippen LogP contribution in [0.2, 0.25) is 0 Å². The number of nitrogens with zero attached hydrogens (tertiary/aromatic N) is 2. The molecule has 0 bridgehead atoms. The summed E-state index contributed by atoms with van der Waals surface area (Å²) < 4.78 is 0. The molecular formula is C15H16N2S2. The Labute approximate surface area is 122 Å². The van der Waals surface area contributed by atoms with Crippen molar-refractivity contribution in [1.29, 1.82) is 0 Å². The molecule has 1 aliphatic heterocycles. The number of unbranched alkanes of at least 4 members (excludes halogenated alkanes) is 1. The molecular weight excluding hydrogens is 272 g/mol. The van der Waals surface area contributed by atoms with Crippen molar-refractivity contribution in [3.05, 3.63) is 35.3 Å². The van der Waals surface area contributed by atoms with E-state index in [1.165, 1.54) is 28.5 Å². The molecule has 0 saturated carbocycles. The average molecular weight is 288 g/mol. The second kappa shape index (κ2) is 5.88. The van der Waals surface area contributed by atoms with Gasteiger partial charge in [0.25, 0.3) is 0 Å². The number of hydrogen-bond donors (Lipinski definition) is 0. The maximum Gasteiger partial charge on any atom is 0.0859 e. The lowest BCUT2D eigenvalue weighted by Gasteiger charge is -2.00. The van der Waals surface area contributed by atoms with E-state index in [0.29, 0.717) is 0 Å². The lowest BCUT2D eigenvalue weighted by Crippen LogP contribution is -1.95. The summed E-state index contributed by atoms with van der Waals surface area (Å²) in [5.41, 5.74) is 3.26. The Hall–Kier alpha value is -1.13. The lowest BCUT2D eigenvalue weighted by atomic mass is 10.2. The topological polar surface area (TPSA) is 25.2 Å². The zero-order chi connectivity index (χ0) is 13.1. The molecule has 0 unspecified atom stereocenters. The fourth-order valence-corrected chi connectivity index (χ4v) is 3.79. The third-order valence-electron chi connectivity index (χ3n) is 3.05. The number of aliphatic imine (C=N–C) groups is 1.